The summed E-state index contributed by atoms with van der Waals surface area (Å²) in [4.78, 5) is 17.8. The molecule has 6 nitrogen and oxygen atoms in total. The maximum atomic E-state index is 13.5. The number of nitrogens with zero attached hydrogens (tertiary/aromatic N) is 2. The van der Waals surface area contributed by atoms with Crippen molar-refractivity contribution in [2.45, 2.75) is 51.1 Å². The summed E-state index contributed by atoms with van der Waals surface area (Å²) in [5, 5.41) is 10.2. The number of benzene rings is 2. The smallest absolute Gasteiger partial charge is 0.254 e. The molecular formula is C29H34N2O4. The first kappa shape index (κ1) is 23.7. The normalized spacial score (nSPS) is 23.5. The predicted molar refractivity (Wildman–Crippen MR) is 135 cm³/mol. The van der Waals surface area contributed by atoms with Crippen molar-refractivity contribution >= 4 is 5.91 Å². The number of hydrogen-bond donors (Lipinski definition) is 1. The van der Waals surface area contributed by atoms with Crippen molar-refractivity contribution in [1.82, 2.24) is 9.80 Å². The van der Waals surface area contributed by atoms with Crippen molar-refractivity contribution in [2.24, 2.45) is 5.92 Å². The Balaban J connectivity index is 1.34. The van der Waals surface area contributed by atoms with E-state index in [2.05, 4.69) is 54.9 Å². The van der Waals surface area contributed by atoms with Crippen molar-refractivity contribution < 1.29 is 19.4 Å². The molecular weight excluding hydrogens is 440 g/mol. The Morgan fingerprint density at radius 3 is 2.63 bits per heavy atom. The van der Waals surface area contributed by atoms with E-state index in [0.717, 1.165) is 37.9 Å². The van der Waals surface area contributed by atoms with E-state index < -0.39 is 0 Å². The molecule has 0 saturated carbocycles. The molecule has 3 heterocycles. The third kappa shape index (κ3) is 4.89. The van der Waals surface area contributed by atoms with Crippen LogP contribution in [0.3, 0.4) is 0 Å². The van der Waals surface area contributed by atoms with Crippen LogP contribution in [0.5, 0.6) is 11.5 Å². The molecule has 1 N–H and O–H groups in total. The molecule has 6 heteroatoms. The summed E-state index contributed by atoms with van der Waals surface area (Å²) in [6, 6.07) is 14.1. The van der Waals surface area contributed by atoms with Gasteiger partial charge in [0.2, 0.25) is 6.79 Å². The molecule has 2 aromatic carbocycles. The van der Waals surface area contributed by atoms with Gasteiger partial charge >= 0.3 is 0 Å². The average molecular weight is 475 g/mol. The van der Waals surface area contributed by atoms with Gasteiger partial charge in [0.25, 0.3) is 5.91 Å². The monoisotopic (exact) mass is 474 g/mol. The number of carbonyl (C=O) groups excluding carboxylic acids is 1. The van der Waals surface area contributed by atoms with Crippen LogP contribution < -0.4 is 9.47 Å². The summed E-state index contributed by atoms with van der Waals surface area (Å²) in [6.45, 7) is 6.99. The van der Waals surface area contributed by atoms with Crippen LogP contribution in [0, 0.1) is 17.8 Å². The van der Waals surface area contributed by atoms with E-state index in [1.54, 1.807) is 6.07 Å². The van der Waals surface area contributed by atoms with E-state index >= 15 is 0 Å². The second kappa shape index (κ2) is 10.3. The SMILES string of the molecule is CC(C)CC#Cc1ccc([C@H]2[C@H]3CN(C(=O)c4ccc5c(c4)OCO5)CCCCN3[C@H]2CO)cc1. The highest BCUT2D eigenvalue weighted by atomic mass is 16.7. The van der Waals surface area contributed by atoms with Crippen LogP contribution in [-0.4, -0.2) is 65.9 Å². The summed E-state index contributed by atoms with van der Waals surface area (Å²) < 4.78 is 10.9. The van der Waals surface area contributed by atoms with Crippen molar-refractivity contribution in [1.29, 1.82) is 0 Å². The molecule has 0 unspecified atom stereocenters. The molecule has 0 aliphatic carbocycles. The topological polar surface area (TPSA) is 62.2 Å². The molecule has 184 valence electrons. The van der Waals surface area contributed by atoms with E-state index in [-0.39, 0.29) is 37.3 Å². The summed E-state index contributed by atoms with van der Waals surface area (Å²) in [7, 11) is 0. The zero-order valence-corrected chi connectivity index (χ0v) is 20.6. The van der Waals surface area contributed by atoms with Gasteiger partial charge in [-0.25, -0.2) is 0 Å². The van der Waals surface area contributed by atoms with Crippen LogP contribution in [0.25, 0.3) is 0 Å². The zero-order valence-electron chi connectivity index (χ0n) is 20.6. The first-order valence-electron chi connectivity index (χ1n) is 12.7. The standard InChI is InChI=1S/C29H34N2O4/c1-20(2)6-5-7-21-8-10-22(11-9-21)28-24-17-30(14-3-4-15-31(24)25(28)18-32)29(33)23-12-13-26-27(16-23)35-19-34-26/h8-13,16,20,24-25,28,32H,3-4,6,14-15,17-19H2,1-2H3/t24-,25+,28+/m1/s1. The van der Waals surface area contributed by atoms with Crippen LogP contribution in [0.2, 0.25) is 0 Å². The molecule has 3 aliphatic heterocycles. The summed E-state index contributed by atoms with van der Waals surface area (Å²) >= 11 is 0. The highest BCUT2D eigenvalue weighted by Crippen LogP contribution is 2.42. The number of hydrogen-bond acceptors (Lipinski definition) is 5. The molecule has 35 heavy (non-hydrogen) atoms. The van der Waals surface area contributed by atoms with Crippen molar-refractivity contribution in [3.63, 3.8) is 0 Å². The molecule has 2 fully saturated rings. The van der Waals surface area contributed by atoms with E-state index in [1.165, 1.54) is 5.56 Å². The van der Waals surface area contributed by atoms with Gasteiger partial charge in [0, 0.05) is 48.6 Å². The van der Waals surface area contributed by atoms with Gasteiger partial charge in [-0.2, -0.15) is 0 Å². The van der Waals surface area contributed by atoms with Gasteiger partial charge in [-0.15, -0.1) is 0 Å². The molecule has 0 aromatic heterocycles. The zero-order chi connectivity index (χ0) is 24.4. The Hall–Kier alpha value is -3.01. The first-order valence-corrected chi connectivity index (χ1v) is 12.7. The number of aliphatic hydroxyl groups excluding tert-OH is 1. The maximum absolute atomic E-state index is 13.5. The van der Waals surface area contributed by atoms with Crippen LogP contribution in [0.4, 0.5) is 0 Å². The van der Waals surface area contributed by atoms with E-state index in [0.29, 0.717) is 29.5 Å². The van der Waals surface area contributed by atoms with Gasteiger partial charge < -0.3 is 19.5 Å². The molecule has 5 rings (SSSR count). The van der Waals surface area contributed by atoms with Gasteiger partial charge in [-0.05, 0) is 61.2 Å². The molecule has 3 atom stereocenters. The Morgan fingerprint density at radius 2 is 1.86 bits per heavy atom. The lowest BCUT2D eigenvalue weighted by Gasteiger charge is -2.57. The molecule has 2 aromatic rings. The first-order chi connectivity index (χ1) is 17.0. The number of aliphatic hydroxyl groups is 1. The fourth-order valence-electron chi connectivity index (χ4n) is 5.48. The van der Waals surface area contributed by atoms with E-state index in [4.69, 9.17) is 9.47 Å². The van der Waals surface area contributed by atoms with Gasteiger partial charge in [0.05, 0.1) is 6.61 Å². The van der Waals surface area contributed by atoms with Crippen molar-refractivity contribution in [3.05, 3.63) is 59.2 Å². The fourth-order valence-corrected chi connectivity index (χ4v) is 5.48. The lowest BCUT2D eigenvalue weighted by molar-refractivity contribution is -0.0606. The fraction of sp³-hybridized carbons (Fsp3) is 0.483. The van der Waals surface area contributed by atoms with Gasteiger partial charge in [0.15, 0.2) is 11.5 Å². The number of ether oxygens (including phenoxy) is 2. The minimum Gasteiger partial charge on any atom is -0.454 e. The summed E-state index contributed by atoms with van der Waals surface area (Å²) in [5.74, 6) is 8.58. The van der Waals surface area contributed by atoms with Gasteiger partial charge in [-0.3, -0.25) is 9.69 Å². The average Bonchev–Trinajstić information content (AvgIpc) is 3.31. The molecule has 1 amide bonds. The quantitative estimate of drug-likeness (QED) is 0.682. The Labute approximate surface area is 207 Å². The Kier molecular flexibility index (Phi) is 6.99. The third-order valence-electron chi connectivity index (χ3n) is 7.32. The molecule has 0 radical (unpaired) electrons. The maximum Gasteiger partial charge on any atom is 0.254 e. The molecule has 2 saturated heterocycles. The van der Waals surface area contributed by atoms with E-state index in [1.807, 2.05) is 17.0 Å². The molecule has 0 spiro atoms. The second-order valence-electron chi connectivity index (χ2n) is 10.1. The second-order valence-corrected chi connectivity index (χ2v) is 10.1. The number of carbonyl (C=O) groups is 1. The van der Waals surface area contributed by atoms with Gasteiger partial charge in [0.1, 0.15) is 0 Å². The van der Waals surface area contributed by atoms with Gasteiger partial charge in [-0.1, -0.05) is 37.8 Å². The predicted octanol–water partition coefficient (Wildman–Crippen LogP) is 3.88. The largest absolute Gasteiger partial charge is 0.454 e. The molecule has 3 aliphatic rings. The van der Waals surface area contributed by atoms with Crippen LogP contribution in [0.15, 0.2) is 42.5 Å². The van der Waals surface area contributed by atoms with Crippen LogP contribution in [0.1, 0.15) is 60.5 Å². The lowest BCUT2D eigenvalue weighted by atomic mass is 9.74. The lowest BCUT2D eigenvalue weighted by Crippen LogP contribution is -2.67. The Bertz CT molecular complexity index is 1120. The number of amides is 1. The Morgan fingerprint density at radius 1 is 1.09 bits per heavy atom. The van der Waals surface area contributed by atoms with E-state index in [9.17, 15) is 9.90 Å². The minimum absolute atomic E-state index is 0.0205. The minimum atomic E-state index is 0.0205. The number of fused-ring (bicyclic) bond motifs is 2. The molecule has 0 bridgehead atoms. The summed E-state index contributed by atoms with van der Waals surface area (Å²) in [6.07, 6.45) is 2.85. The van der Waals surface area contributed by atoms with Crippen LogP contribution >= 0.6 is 0 Å². The van der Waals surface area contributed by atoms with Crippen LogP contribution in [-0.2, 0) is 0 Å². The highest BCUT2D eigenvalue weighted by Gasteiger charge is 2.49. The van der Waals surface area contributed by atoms with Crippen molar-refractivity contribution in [3.8, 4) is 23.3 Å². The third-order valence-corrected chi connectivity index (χ3v) is 7.32. The number of rotatable bonds is 4. The highest BCUT2D eigenvalue weighted by molar-refractivity contribution is 5.95. The van der Waals surface area contributed by atoms with Crippen molar-refractivity contribution in [2.75, 3.05) is 33.0 Å². The summed E-state index contributed by atoms with van der Waals surface area (Å²) in [5.41, 5.74) is 2.85.